The Bertz CT molecular complexity index is 219. The Morgan fingerprint density at radius 1 is 1.47 bits per heavy atom. The predicted molar refractivity (Wildman–Crippen MR) is 58.4 cm³/mol. The first-order chi connectivity index (χ1) is 6.70. The van der Waals surface area contributed by atoms with Gasteiger partial charge in [-0.1, -0.05) is 12.8 Å². The van der Waals surface area contributed by atoms with Crippen LogP contribution in [0.4, 0.5) is 0 Å². The summed E-state index contributed by atoms with van der Waals surface area (Å²) in [4.78, 5) is 10.5. The van der Waals surface area contributed by atoms with Gasteiger partial charge >= 0.3 is 5.97 Å². The topological polar surface area (TPSA) is 58.6 Å². The number of morpholine rings is 1. The Balaban J connectivity index is 0.00000112. The molecule has 2 aliphatic rings. The number of carboxylic acid groups (broad SMARTS) is 1. The second-order valence-corrected chi connectivity index (χ2v) is 4.40. The highest BCUT2D eigenvalue weighted by atomic mass is 35.5. The quantitative estimate of drug-likeness (QED) is 0.755. The van der Waals surface area contributed by atoms with Crippen molar-refractivity contribution < 1.29 is 14.6 Å². The molecule has 1 saturated heterocycles. The summed E-state index contributed by atoms with van der Waals surface area (Å²) < 4.78 is 5.58. The largest absolute Gasteiger partial charge is 0.481 e. The molecule has 4 nitrogen and oxygen atoms in total. The lowest BCUT2D eigenvalue weighted by atomic mass is 9.96. The molecular weight excluding hydrogens is 218 g/mol. The highest BCUT2D eigenvalue weighted by Crippen LogP contribution is 2.32. The lowest BCUT2D eigenvalue weighted by Crippen LogP contribution is -2.55. The van der Waals surface area contributed by atoms with Crippen LogP contribution in [0.1, 0.15) is 32.1 Å². The lowest BCUT2D eigenvalue weighted by molar-refractivity contribution is -0.142. The number of carboxylic acids is 1. The standard InChI is InChI=1S/C10H17NO3.ClH/c12-9(13)5-8-6-11-10(7-14-8)3-1-2-4-10;/h8,11H,1-7H2,(H,12,13);1H. The van der Waals surface area contributed by atoms with Gasteiger partial charge in [0.15, 0.2) is 0 Å². The van der Waals surface area contributed by atoms with Crippen LogP contribution in [-0.2, 0) is 9.53 Å². The molecule has 1 spiro atoms. The predicted octanol–water partition coefficient (Wildman–Crippen LogP) is 1.18. The molecule has 1 heterocycles. The first-order valence-corrected chi connectivity index (χ1v) is 5.29. The van der Waals surface area contributed by atoms with Gasteiger partial charge in [0.1, 0.15) is 0 Å². The van der Waals surface area contributed by atoms with Crippen molar-refractivity contribution in [2.24, 2.45) is 0 Å². The third kappa shape index (κ3) is 3.06. The van der Waals surface area contributed by atoms with Crippen LogP contribution in [0.3, 0.4) is 0 Å². The third-order valence-electron chi connectivity index (χ3n) is 3.26. The first kappa shape index (κ1) is 12.7. The van der Waals surface area contributed by atoms with E-state index in [2.05, 4.69) is 5.32 Å². The number of hydrogen-bond donors (Lipinski definition) is 2. The highest BCUT2D eigenvalue weighted by Gasteiger charge is 2.38. The summed E-state index contributed by atoms with van der Waals surface area (Å²) in [5.74, 6) is -0.779. The fourth-order valence-electron chi connectivity index (χ4n) is 2.42. The van der Waals surface area contributed by atoms with Gasteiger partial charge in [-0.25, -0.2) is 0 Å². The molecule has 15 heavy (non-hydrogen) atoms. The van der Waals surface area contributed by atoms with Gasteiger partial charge in [0.05, 0.1) is 19.1 Å². The van der Waals surface area contributed by atoms with Crippen molar-refractivity contribution in [3.05, 3.63) is 0 Å². The molecule has 0 aromatic rings. The number of nitrogens with one attached hydrogen (secondary N) is 1. The van der Waals surface area contributed by atoms with E-state index in [1.54, 1.807) is 0 Å². The molecule has 0 amide bonds. The van der Waals surface area contributed by atoms with Crippen LogP contribution in [0.5, 0.6) is 0 Å². The first-order valence-electron chi connectivity index (χ1n) is 5.29. The monoisotopic (exact) mass is 235 g/mol. The van der Waals surface area contributed by atoms with Crippen LogP contribution in [0, 0.1) is 0 Å². The van der Waals surface area contributed by atoms with E-state index in [4.69, 9.17) is 9.84 Å². The van der Waals surface area contributed by atoms with Crippen molar-refractivity contribution in [2.75, 3.05) is 13.2 Å². The summed E-state index contributed by atoms with van der Waals surface area (Å²) >= 11 is 0. The Morgan fingerprint density at radius 2 is 2.13 bits per heavy atom. The van der Waals surface area contributed by atoms with E-state index in [0.717, 1.165) is 0 Å². The zero-order valence-electron chi connectivity index (χ0n) is 8.70. The molecule has 2 rings (SSSR count). The van der Waals surface area contributed by atoms with Crippen molar-refractivity contribution >= 4 is 18.4 Å². The molecule has 1 saturated carbocycles. The van der Waals surface area contributed by atoms with Crippen molar-refractivity contribution in [1.82, 2.24) is 5.32 Å². The van der Waals surface area contributed by atoms with E-state index >= 15 is 0 Å². The molecular formula is C10H18ClNO3. The second-order valence-electron chi connectivity index (χ2n) is 4.40. The van der Waals surface area contributed by atoms with Crippen molar-refractivity contribution in [3.8, 4) is 0 Å². The number of rotatable bonds is 2. The van der Waals surface area contributed by atoms with Gasteiger partial charge in [-0.15, -0.1) is 12.4 Å². The number of halogens is 1. The molecule has 2 N–H and O–H groups in total. The van der Waals surface area contributed by atoms with E-state index in [-0.39, 0.29) is 30.5 Å². The average molecular weight is 236 g/mol. The van der Waals surface area contributed by atoms with E-state index in [1.807, 2.05) is 0 Å². The van der Waals surface area contributed by atoms with Crippen LogP contribution in [0.2, 0.25) is 0 Å². The molecule has 0 bridgehead atoms. The summed E-state index contributed by atoms with van der Waals surface area (Å²) in [6.07, 6.45) is 4.85. The highest BCUT2D eigenvalue weighted by molar-refractivity contribution is 5.85. The van der Waals surface area contributed by atoms with Crippen molar-refractivity contribution in [2.45, 2.75) is 43.7 Å². The van der Waals surface area contributed by atoms with Gasteiger partial charge in [0.25, 0.3) is 0 Å². The van der Waals surface area contributed by atoms with Gasteiger partial charge in [-0.05, 0) is 12.8 Å². The summed E-state index contributed by atoms with van der Waals surface area (Å²) in [6.45, 7) is 1.37. The summed E-state index contributed by atoms with van der Waals surface area (Å²) in [5, 5.41) is 12.1. The van der Waals surface area contributed by atoms with E-state index in [0.29, 0.717) is 13.2 Å². The molecule has 1 unspecified atom stereocenters. The maximum Gasteiger partial charge on any atom is 0.306 e. The van der Waals surface area contributed by atoms with Crippen LogP contribution in [0.25, 0.3) is 0 Å². The molecule has 1 atom stereocenters. The third-order valence-corrected chi connectivity index (χ3v) is 3.26. The van der Waals surface area contributed by atoms with Gasteiger partial charge in [0.2, 0.25) is 0 Å². The van der Waals surface area contributed by atoms with Crippen LogP contribution < -0.4 is 5.32 Å². The van der Waals surface area contributed by atoms with Gasteiger partial charge in [0, 0.05) is 12.1 Å². The Labute approximate surface area is 95.8 Å². The minimum absolute atomic E-state index is 0. The SMILES string of the molecule is Cl.O=C(O)CC1CNC2(CCCC2)CO1. The van der Waals surface area contributed by atoms with Crippen LogP contribution in [-0.4, -0.2) is 35.9 Å². The Kier molecular flexibility index (Phi) is 4.37. The number of ether oxygens (including phenoxy) is 1. The van der Waals surface area contributed by atoms with Gasteiger partial charge < -0.3 is 15.2 Å². The molecule has 88 valence electrons. The zero-order valence-corrected chi connectivity index (χ0v) is 9.52. The summed E-state index contributed by atoms with van der Waals surface area (Å²) in [6, 6.07) is 0. The summed E-state index contributed by atoms with van der Waals surface area (Å²) in [5.41, 5.74) is 0.176. The van der Waals surface area contributed by atoms with E-state index < -0.39 is 5.97 Å². The van der Waals surface area contributed by atoms with E-state index in [9.17, 15) is 4.79 Å². The van der Waals surface area contributed by atoms with Gasteiger partial charge in [-0.3, -0.25) is 4.79 Å². The number of carbonyl (C=O) groups is 1. The normalized spacial score (nSPS) is 28.7. The Morgan fingerprint density at radius 3 is 2.60 bits per heavy atom. The Hall–Kier alpha value is -0.320. The van der Waals surface area contributed by atoms with Crippen LogP contribution >= 0.6 is 12.4 Å². The molecule has 5 heteroatoms. The van der Waals surface area contributed by atoms with Gasteiger partial charge in [-0.2, -0.15) is 0 Å². The maximum atomic E-state index is 10.5. The number of hydrogen-bond acceptors (Lipinski definition) is 3. The minimum Gasteiger partial charge on any atom is -0.481 e. The molecule has 0 radical (unpaired) electrons. The zero-order chi connectivity index (χ0) is 10.0. The second kappa shape index (κ2) is 5.14. The fourth-order valence-corrected chi connectivity index (χ4v) is 2.42. The van der Waals surface area contributed by atoms with Crippen molar-refractivity contribution in [1.29, 1.82) is 0 Å². The van der Waals surface area contributed by atoms with Crippen molar-refractivity contribution in [3.63, 3.8) is 0 Å². The lowest BCUT2D eigenvalue weighted by Gasteiger charge is -2.38. The molecule has 0 aromatic heterocycles. The maximum absolute atomic E-state index is 10.5. The molecule has 2 fully saturated rings. The molecule has 1 aliphatic carbocycles. The van der Waals surface area contributed by atoms with E-state index in [1.165, 1.54) is 25.7 Å². The molecule has 0 aromatic carbocycles. The molecule has 1 aliphatic heterocycles. The van der Waals surface area contributed by atoms with Crippen LogP contribution in [0.15, 0.2) is 0 Å². The summed E-state index contributed by atoms with van der Waals surface area (Å²) in [7, 11) is 0. The minimum atomic E-state index is -0.779. The smallest absolute Gasteiger partial charge is 0.306 e. The number of aliphatic carboxylic acids is 1. The average Bonchev–Trinajstić information content (AvgIpc) is 2.58. The fraction of sp³-hybridized carbons (Fsp3) is 0.900.